The van der Waals surface area contributed by atoms with Gasteiger partial charge < -0.3 is 5.73 Å². The molecule has 0 rings (SSSR count). The van der Waals surface area contributed by atoms with Crippen LogP contribution in [0.15, 0.2) is 0 Å². The van der Waals surface area contributed by atoms with Gasteiger partial charge in [0.15, 0.2) is 0 Å². The molecule has 0 aromatic rings. The SMILES string of the molecule is CCCCCCCC(CC)C(N)CC.Cl. The van der Waals surface area contributed by atoms with Crippen LogP contribution in [0.25, 0.3) is 0 Å². The molecule has 0 aliphatic heterocycles. The number of nitrogens with two attached hydrogens (primary N) is 1. The summed E-state index contributed by atoms with van der Waals surface area (Å²) in [6.07, 6.45) is 10.7. The molecule has 0 aromatic heterocycles. The van der Waals surface area contributed by atoms with Crippen molar-refractivity contribution in [3.63, 3.8) is 0 Å². The molecule has 0 heterocycles. The van der Waals surface area contributed by atoms with Crippen molar-refractivity contribution >= 4 is 12.4 Å². The molecule has 0 spiro atoms. The smallest absolute Gasteiger partial charge is 0.00644 e. The number of hydrogen-bond acceptors (Lipinski definition) is 1. The normalized spacial score (nSPS) is 14.4. The molecule has 0 saturated carbocycles. The van der Waals surface area contributed by atoms with E-state index in [1.165, 1.54) is 44.9 Å². The van der Waals surface area contributed by atoms with E-state index in [0.29, 0.717) is 6.04 Å². The summed E-state index contributed by atoms with van der Waals surface area (Å²) in [6.45, 7) is 6.73. The molecule has 0 aromatic carbocycles. The molecule has 0 bridgehead atoms. The molecule has 2 heteroatoms. The predicted molar refractivity (Wildman–Crippen MR) is 72.7 cm³/mol. The van der Waals surface area contributed by atoms with Crippen LogP contribution < -0.4 is 5.73 Å². The van der Waals surface area contributed by atoms with E-state index >= 15 is 0 Å². The lowest BCUT2D eigenvalue weighted by Crippen LogP contribution is -2.28. The topological polar surface area (TPSA) is 26.0 Å². The van der Waals surface area contributed by atoms with Crippen molar-refractivity contribution in [3.8, 4) is 0 Å². The van der Waals surface area contributed by atoms with E-state index in [9.17, 15) is 0 Å². The average Bonchev–Trinajstić information content (AvgIpc) is 2.22. The van der Waals surface area contributed by atoms with Gasteiger partial charge in [-0.2, -0.15) is 0 Å². The van der Waals surface area contributed by atoms with Crippen LogP contribution in [0.1, 0.15) is 72.1 Å². The standard InChI is InChI=1S/C13H29N.ClH/c1-4-7-8-9-10-11-12(5-2)13(14)6-3;/h12-13H,4-11,14H2,1-3H3;1H. The van der Waals surface area contributed by atoms with Gasteiger partial charge in [0.1, 0.15) is 0 Å². The van der Waals surface area contributed by atoms with Crippen LogP contribution in [0.5, 0.6) is 0 Å². The van der Waals surface area contributed by atoms with E-state index < -0.39 is 0 Å². The first-order chi connectivity index (χ1) is 6.76. The highest BCUT2D eigenvalue weighted by molar-refractivity contribution is 5.85. The molecule has 94 valence electrons. The van der Waals surface area contributed by atoms with Crippen LogP contribution in [-0.2, 0) is 0 Å². The predicted octanol–water partition coefficient (Wildman–Crippen LogP) is 4.53. The summed E-state index contributed by atoms with van der Waals surface area (Å²) in [5.74, 6) is 0.765. The fraction of sp³-hybridized carbons (Fsp3) is 1.00. The van der Waals surface area contributed by atoms with Crippen LogP contribution >= 0.6 is 12.4 Å². The molecule has 0 fully saturated rings. The van der Waals surface area contributed by atoms with Crippen LogP contribution in [-0.4, -0.2) is 6.04 Å². The number of unbranched alkanes of at least 4 members (excludes halogenated alkanes) is 4. The second-order valence-corrected chi connectivity index (χ2v) is 4.44. The Morgan fingerprint density at radius 2 is 1.47 bits per heavy atom. The van der Waals surface area contributed by atoms with E-state index in [4.69, 9.17) is 5.73 Å². The van der Waals surface area contributed by atoms with Gasteiger partial charge in [0.05, 0.1) is 0 Å². The third kappa shape index (κ3) is 9.19. The molecular weight excluding hydrogens is 206 g/mol. The van der Waals surface area contributed by atoms with Gasteiger partial charge in [-0.15, -0.1) is 12.4 Å². The Kier molecular flexibility index (Phi) is 14.5. The van der Waals surface area contributed by atoms with Crippen molar-refractivity contribution in [2.75, 3.05) is 0 Å². The fourth-order valence-electron chi connectivity index (χ4n) is 2.06. The van der Waals surface area contributed by atoms with Gasteiger partial charge in [-0.25, -0.2) is 0 Å². The Hall–Kier alpha value is 0.250. The largest absolute Gasteiger partial charge is 0.327 e. The molecular formula is C13H30ClN. The maximum Gasteiger partial charge on any atom is 0.00644 e. The van der Waals surface area contributed by atoms with E-state index in [1.807, 2.05) is 0 Å². The zero-order valence-corrected chi connectivity index (χ0v) is 11.6. The van der Waals surface area contributed by atoms with Crippen molar-refractivity contribution in [1.82, 2.24) is 0 Å². The zero-order valence-electron chi connectivity index (χ0n) is 10.8. The van der Waals surface area contributed by atoms with Gasteiger partial charge in [-0.05, 0) is 18.8 Å². The second-order valence-electron chi connectivity index (χ2n) is 4.44. The third-order valence-electron chi connectivity index (χ3n) is 3.28. The molecule has 2 N–H and O–H groups in total. The summed E-state index contributed by atoms with van der Waals surface area (Å²) >= 11 is 0. The van der Waals surface area contributed by atoms with Gasteiger partial charge in [0.25, 0.3) is 0 Å². The van der Waals surface area contributed by atoms with E-state index in [2.05, 4.69) is 20.8 Å². The van der Waals surface area contributed by atoms with Crippen molar-refractivity contribution in [2.24, 2.45) is 11.7 Å². The Balaban J connectivity index is 0. The Morgan fingerprint density at radius 3 is 1.93 bits per heavy atom. The van der Waals surface area contributed by atoms with E-state index in [-0.39, 0.29) is 12.4 Å². The van der Waals surface area contributed by atoms with Gasteiger partial charge in [0.2, 0.25) is 0 Å². The summed E-state index contributed by atoms with van der Waals surface area (Å²) < 4.78 is 0. The highest BCUT2D eigenvalue weighted by atomic mass is 35.5. The Labute approximate surface area is 103 Å². The van der Waals surface area contributed by atoms with Crippen molar-refractivity contribution in [2.45, 2.75) is 78.2 Å². The molecule has 15 heavy (non-hydrogen) atoms. The van der Waals surface area contributed by atoms with Gasteiger partial charge in [0, 0.05) is 6.04 Å². The number of hydrogen-bond donors (Lipinski definition) is 1. The van der Waals surface area contributed by atoms with E-state index in [1.54, 1.807) is 0 Å². The first kappa shape index (κ1) is 17.6. The summed E-state index contributed by atoms with van der Waals surface area (Å²) in [5, 5.41) is 0. The highest BCUT2D eigenvalue weighted by Crippen LogP contribution is 2.18. The fourth-order valence-corrected chi connectivity index (χ4v) is 2.06. The quantitative estimate of drug-likeness (QED) is 0.584. The van der Waals surface area contributed by atoms with Gasteiger partial charge in [-0.1, -0.05) is 59.3 Å². The molecule has 0 amide bonds. The minimum atomic E-state index is 0. The molecule has 1 nitrogen and oxygen atoms in total. The molecule has 0 saturated heterocycles. The minimum Gasteiger partial charge on any atom is -0.327 e. The monoisotopic (exact) mass is 235 g/mol. The summed E-state index contributed by atoms with van der Waals surface area (Å²) in [6, 6.07) is 0.436. The minimum absolute atomic E-state index is 0. The van der Waals surface area contributed by atoms with Crippen LogP contribution in [0.3, 0.4) is 0 Å². The van der Waals surface area contributed by atoms with Gasteiger partial charge in [-0.3, -0.25) is 0 Å². The molecule has 0 aliphatic carbocycles. The summed E-state index contributed by atoms with van der Waals surface area (Å²) in [4.78, 5) is 0. The van der Waals surface area contributed by atoms with Gasteiger partial charge >= 0.3 is 0 Å². The lowest BCUT2D eigenvalue weighted by Gasteiger charge is -2.21. The van der Waals surface area contributed by atoms with Crippen LogP contribution in [0, 0.1) is 5.92 Å². The number of halogens is 1. The third-order valence-corrected chi connectivity index (χ3v) is 3.28. The maximum absolute atomic E-state index is 6.07. The zero-order chi connectivity index (χ0) is 10.8. The second kappa shape index (κ2) is 12.3. The first-order valence-electron chi connectivity index (χ1n) is 6.51. The first-order valence-corrected chi connectivity index (χ1v) is 6.51. The number of rotatable bonds is 9. The molecule has 0 radical (unpaired) electrons. The lowest BCUT2D eigenvalue weighted by molar-refractivity contribution is 0.358. The van der Waals surface area contributed by atoms with Crippen molar-refractivity contribution in [3.05, 3.63) is 0 Å². The van der Waals surface area contributed by atoms with Crippen molar-refractivity contribution in [1.29, 1.82) is 0 Å². The van der Waals surface area contributed by atoms with Crippen LogP contribution in [0.4, 0.5) is 0 Å². The summed E-state index contributed by atoms with van der Waals surface area (Å²) in [7, 11) is 0. The molecule has 2 atom stereocenters. The Bertz CT molecular complexity index is 117. The lowest BCUT2D eigenvalue weighted by atomic mass is 9.90. The Morgan fingerprint density at radius 1 is 0.867 bits per heavy atom. The van der Waals surface area contributed by atoms with Crippen molar-refractivity contribution < 1.29 is 0 Å². The average molecular weight is 236 g/mol. The molecule has 0 aliphatic rings. The van der Waals surface area contributed by atoms with Crippen LogP contribution in [0.2, 0.25) is 0 Å². The summed E-state index contributed by atoms with van der Waals surface area (Å²) in [5.41, 5.74) is 6.07. The highest BCUT2D eigenvalue weighted by Gasteiger charge is 2.12. The molecule has 2 unspecified atom stereocenters. The maximum atomic E-state index is 6.07. The van der Waals surface area contributed by atoms with E-state index in [0.717, 1.165) is 12.3 Å².